The average molecular weight is 197 g/mol. The molecule has 0 spiro atoms. The maximum atomic E-state index is 8.62. The molecular weight excluding hydrogens is 182 g/mol. The standard InChI is InChI=1S/C10H15NO3/c1-13-7-9-5-10(14-2)4-3-8(9)6-11-12/h3-5,11-12H,6-7H2,1-2H3. The van der Waals surface area contributed by atoms with E-state index >= 15 is 0 Å². The largest absolute Gasteiger partial charge is 0.497 e. The molecule has 0 bridgehead atoms. The van der Waals surface area contributed by atoms with E-state index in [1.54, 1.807) is 14.2 Å². The van der Waals surface area contributed by atoms with Crippen LogP contribution in [0.25, 0.3) is 0 Å². The first-order chi connectivity index (χ1) is 6.81. The summed E-state index contributed by atoms with van der Waals surface area (Å²) in [5.74, 6) is 0.790. The first-order valence-electron chi connectivity index (χ1n) is 4.33. The maximum absolute atomic E-state index is 8.62. The van der Waals surface area contributed by atoms with Crippen LogP contribution in [-0.2, 0) is 17.9 Å². The van der Waals surface area contributed by atoms with Crippen molar-refractivity contribution in [3.8, 4) is 5.75 Å². The molecule has 0 radical (unpaired) electrons. The van der Waals surface area contributed by atoms with Crippen LogP contribution in [0, 0.1) is 0 Å². The van der Waals surface area contributed by atoms with Gasteiger partial charge in [0.05, 0.1) is 13.7 Å². The van der Waals surface area contributed by atoms with Gasteiger partial charge in [-0.15, -0.1) is 0 Å². The third-order valence-corrected chi connectivity index (χ3v) is 1.98. The molecule has 1 rings (SSSR count). The third-order valence-electron chi connectivity index (χ3n) is 1.98. The Bertz CT molecular complexity index is 289. The highest BCUT2D eigenvalue weighted by Gasteiger charge is 2.03. The highest BCUT2D eigenvalue weighted by Crippen LogP contribution is 2.18. The molecule has 1 aromatic carbocycles. The lowest BCUT2D eigenvalue weighted by Gasteiger charge is -2.09. The van der Waals surface area contributed by atoms with Crippen LogP contribution in [0.3, 0.4) is 0 Å². The normalized spacial score (nSPS) is 10.2. The highest BCUT2D eigenvalue weighted by atomic mass is 16.5. The van der Waals surface area contributed by atoms with Gasteiger partial charge in [-0.05, 0) is 23.3 Å². The van der Waals surface area contributed by atoms with Crippen molar-refractivity contribution in [2.24, 2.45) is 0 Å². The lowest BCUT2D eigenvalue weighted by Crippen LogP contribution is -2.09. The molecule has 4 nitrogen and oxygen atoms in total. The fourth-order valence-corrected chi connectivity index (χ4v) is 1.28. The quantitative estimate of drug-likeness (QED) is 0.699. The third kappa shape index (κ3) is 2.70. The first-order valence-corrected chi connectivity index (χ1v) is 4.33. The van der Waals surface area contributed by atoms with Crippen LogP contribution in [-0.4, -0.2) is 19.4 Å². The van der Waals surface area contributed by atoms with Crippen molar-refractivity contribution in [2.75, 3.05) is 14.2 Å². The number of methoxy groups -OCH3 is 2. The van der Waals surface area contributed by atoms with Crippen LogP contribution in [0.2, 0.25) is 0 Å². The van der Waals surface area contributed by atoms with E-state index < -0.39 is 0 Å². The fraction of sp³-hybridized carbons (Fsp3) is 0.400. The molecule has 0 amide bonds. The summed E-state index contributed by atoms with van der Waals surface area (Å²) in [6.45, 7) is 0.914. The molecule has 78 valence electrons. The van der Waals surface area contributed by atoms with Crippen LogP contribution < -0.4 is 10.2 Å². The Morgan fingerprint density at radius 2 is 2.07 bits per heavy atom. The van der Waals surface area contributed by atoms with E-state index in [1.807, 2.05) is 18.2 Å². The van der Waals surface area contributed by atoms with E-state index in [9.17, 15) is 0 Å². The first kappa shape index (κ1) is 11.0. The Morgan fingerprint density at radius 3 is 2.64 bits per heavy atom. The van der Waals surface area contributed by atoms with Crippen LogP contribution in [0.5, 0.6) is 5.75 Å². The molecule has 14 heavy (non-hydrogen) atoms. The Hall–Kier alpha value is -1.10. The number of hydrogen-bond donors (Lipinski definition) is 2. The van der Waals surface area contributed by atoms with E-state index in [-0.39, 0.29) is 0 Å². The van der Waals surface area contributed by atoms with Crippen LogP contribution in [0.15, 0.2) is 18.2 Å². The molecule has 0 aliphatic rings. The molecule has 0 heterocycles. The fourth-order valence-electron chi connectivity index (χ4n) is 1.28. The van der Waals surface area contributed by atoms with Gasteiger partial charge in [0.25, 0.3) is 0 Å². The second-order valence-corrected chi connectivity index (χ2v) is 2.90. The Morgan fingerprint density at radius 1 is 1.29 bits per heavy atom. The van der Waals surface area contributed by atoms with Crippen molar-refractivity contribution in [2.45, 2.75) is 13.2 Å². The van der Waals surface area contributed by atoms with Crippen molar-refractivity contribution in [1.82, 2.24) is 5.48 Å². The lowest BCUT2D eigenvalue weighted by molar-refractivity contribution is 0.157. The molecule has 2 N–H and O–H groups in total. The van der Waals surface area contributed by atoms with Gasteiger partial charge in [-0.1, -0.05) is 6.07 Å². The van der Waals surface area contributed by atoms with Gasteiger partial charge < -0.3 is 14.7 Å². The Labute approximate surface area is 83.4 Å². The van der Waals surface area contributed by atoms with Crippen LogP contribution in [0.4, 0.5) is 0 Å². The molecule has 1 aromatic rings. The van der Waals surface area contributed by atoms with Crippen molar-refractivity contribution in [1.29, 1.82) is 0 Å². The smallest absolute Gasteiger partial charge is 0.119 e. The van der Waals surface area contributed by atoms with E-state index in [1.165, 1.54) is 0 Å². The van der Waals surface area contributed by atoms with Gasteiger partial charge in [0.15, 0.2) is 0 Å². The second kappa shape index (κ2) is 5.59. The van der Waals surface area contributed by atoms with Gasteiger partial charge in [0.1, 0.15) is 5.75 Å². The predicted molar refractivity (Wildman–Crippen MR) is 52.3 cm³/mol. The van der Waals surface area contributed by atoms with Crippen molar-refractivity contribution in [3.63, 3.8) is 0 Å². The molecule has 0 aromatic heterocycles. The molecule has 0 unspecified atom stereocenters. The number of hydrogen-bond acceptors (Lipinski definition) is 4. The SMILES string of the molecule is COCc1cc(OC)ccc1CNO. The number of benzene rings is 1. The summed E-state index contributed by atoms with van der Waals surface area (Å²) in [5.41, 5.74) is 4.13. The molecule has 0 fully saturated rings. The Kier molecular flexibility index (Phi) is 4.39. The van der Waals surface area contributed by atoms with Crippen molar-refractivity contribution in [3.05, 3.63) is 29.3 Å². The van der Waals surface area contributed by atoms with Crippen LogP contribution >= 0.6 is 0 Å². The summed E-state index contributed by atoms with van der Waals surface area (Å²) >= 11 is 0. The summed E-state index contributed by atoms with van der Waals surface area (Å²) < 4.78 is 10.1. The molecule has 0 saturated carbocycles. The number of ether oxygens (including phenoxy) is 2. The van der Waals surface area contributed by atoms with Gasteiger partial charge >= 0.3 is 0 Å². The zero-order valence-corrected chi connectivity index (χ0v) is 8.41. The monoisotopic (exact) mass is 197 g/mol. The van der Waals surface area contributed by atoms with Crippen LogP contribution in [0.1, 0.15) is 11.1 Å². The van der Waals surface area contributed by atoms with Gasteiger partial charge in [-0.2, -0.15) is 0 Å². The molecule has 0 atom stereocenters. The Balaban J connectivity index is 2.91. The number of nitrogens with one attached hydrogen (secondary N) is 1. The minimum Gasteiger partial charge on any atom is -0.497 e. The van der Waals surface area contributed by atoms with Gasteiger partial charge in [0, 0.05) is 13.7 Å². The number of rotatable bonds is 5. The topological polar surface area (TPSA) is 50.7 Å². The summed E-state index contributed by atoms with van der Waals surface area (Å²) in [5, 5.41) is 8.62. The van der Waals surface area contributed by atoms with Gasteiger partial charge in [0.2, 0.25) is 0 Å². The van der Waals surface area contributed by atoms with Gasteiger partial charge in [-0.25, -0.2) is 5.48 Å². The summed E-state index contributed by atoms with van der Waals surface area (Å²) in [6, 6.07) is 5.65. The summed E-state index contributed by atoms with van der Waals surface area (Å²) in [6.07, 6.45) is 0. The summed E-state index contributed by atoms with van der Waals surface area (Å²) in [4.78, 5) is 0. The summed E-state index contributed by atoms with van der Waals surface area (Å²) in [7, 11) is 3.26. The van der Waals surface area contributed by atoms with Gasteiger partial charge in [-0.3, -0.25) is 0 Å². The molecule has 0 aliphatic carbocycles. The lowest BCUT2D eigenvalue weighted by atomic mass is 10.1. The van der Waals surface area contributed by atoms with E-state index in [0.717, 1.165) is 16.9 Å². The molecule has 0 aliphatic heterocycles. The second-order valence-electron chi connectivity index (χ2n) is 2.90. The average Bonchev–Trinajstić information content (AvgIpc) is 2.21. The predicted octanol–water partition coefficient (Wildman–Crippen LogP) is 1.32. The van der Waals surface area contributed by atoms with Crippen molar-refractivity contribution < 1.29 is 14.7 Å². The molecule has 0 saturated heterocycles. The highest BCUT2D eigenvalue weighted by molar-refractivity contribution is 5.35. The minimum atomic E-state index is 0.405. The zero-order chi connectivity index (χ0) is 10.4. The number of hydroxylamine groups is 1. The van der Waals surface area contributed by atoms with Crippen molar-refractivity contribution >= 4 is 0 Å². The maximum Gasteiger partial charge on any atom is 0.119 e. The van der Waals surface area contributed by atoms with E-state index in [2.05, 4.69) is 5.48 Å². The molecular formula is C10H15NO3. The molecule has 4 heteroatoms. The van der Waals surface area contributed by atoms with E-state index in [0.29, 0.717) is 13.2 Å². The zero-order valence-electron chi connectivity index (χ0n) is 8.41. The van der Waals surface area contributed by atoms with E-state index in [4.69, 9.17) is 14.7 Å². The minimum absolute atomic E-state index is 0.405.